The van der Waals surface area contributed by atoms with Gasteiger partial charge < -0.3 is 15.1 Å². The van der Waals surface area contributed by atoms with Crippen molar-refractivity contribution in [3.8, 4) is 0 Å². The van der Waals surface area contributed by atoms with Gasteiger partial charge in [-0.2, -0.15) is 0 Å². The third-order valence-corrected chi connectivity index (χ3v) is 6.40. The van der Waals surface area contributed by atoms with E-state index in [1.54, 1.807) is 24.3 Å². The Balaban J connectivity index is 1.66. The minimum absolute atomic E-state index is 0.0243. The largest absolute Gasteiger partial charge is 0.468 e. The van der Waals surface area contributed by atoms with Crippen LogP contribution in [-0.4, -0.2) is 26.8 Å². The Morgan fingerprint density at radius 1 is 0.900 bits per heavy atom. The van der Waals surface area contributed by atoms with E-state index >= 15 is 0 Å². The molecule has 1 aromatic heterocycles. The molecule has 2 N–H and O–H groups in total. The zero-order valence-electron chi connectivity index (χ0n) is 15.7. The van der Waals surface area contributed by atoms with Crippen molar-refractivity contribution in [3.63, 3.8) is 0 Å². The molecule has 2 amide bonds. The zero-order valence-corrected chi connectivity index (χ0v) is 16.6. The average Bonchev–Trinajstić information content (AvgIpc) is 3.28. The number of hydrogen-bond acceptors (Lipinski definition) is 5. The van der Waals surface area contributed by atoms with E-state index in [9.17, 15) is 22.4 Å². The Labute approximate surface area is 172 Å². The summed E-state index contributed by atoms with van der Waals surface area (Å²) in [6, 6.07) is 16.2. The first-order chi connectivity index (χ1) is 14.4. The predicted octanol–water partition coefficient (Wildman–Crippen LogP) is 2.37. The molecule has 3 aromatic rings. The molecule has 3 rings (SSSR count). The van der Waals surface area contributed by atoms with Gasteiger partial charge in [0.25, 0.3) is 0 Å². The Morgan fingerprint density at radius 2 is 1.57 bits per heavy atom. The lowest BCUT2D eigenvalue weighted by Gasteiger charge is -2.16. The van der Waals surface area contributed by atoms with Gasteiger partial charge in [0.05, 0.1) is 11.2 Å². The molecular formula is C21H19FN2O5S. The second kappa shape index (κ2) is 9.36. The zero-order chi connectivity index (χ0) is 21.6. The summed E-state index contributed by atoms with van der Waals surface area (Å²) in [7, 11) is -3.88. The van der Waals surface area contributed by atoms with Crippen LogP contribution in [0.5, 0.6) is 0 Å². The SMILES string of the molecule is O=C(NCc1ccc(F)cc1)C(=O)NC[C@H](c1ccco1)S(=O)(=O)c1ccccc1. The predicted molar refractivity (Wildman–Crippen MR) is 106 cm³/mol. The van der Waals surface area contributed by atoms with Crippen molar-refractivity contribution in [3.05, 3.63) is 90.1 Å². The highest BCUT2D eigenvalue weighted by Gasteiger charge is 2.32. The molecule has 0 bridgehead atoms. The Morgan fingerprint density at radius 3 is 2.20 bits per heavy atom. The maximum atomic E-state index is 13.0. The number of amides is 2. The fraction of sp³-hybridized carbons (Fsp3) is 0.143. The quantitative estimate of drug-likeness (QED) is 0.560. The molecule has 0 saturated heterocycles. The second-order valence-electron chi connectivity index (χ2n) is 6.38. The summed E-state index contributed by atoms with van der Waals surface area (Å²) < 4.78 is 44.2. The number of carbonyl (C=O) groups excluding carboxylic acids is 2. The van der Waals surface area contributed by atoms with Gasteiger partial charge in [-0.05, 0) is 42.0 Å². The molecule has 1 atom stereocenters. The van der Waals surface area contributed by atoms with Crippen LogP contribution >= 0.6 is 0 Å². The van der Waals surface area contributed by atoms with E-state index in [4.69, 9.17) is 4.42 Å². The average molecular weight is 430 g/mol. The maximum absolute atomic E-state index is 13.0. The molecule has 0 fully saturated rings. The van der Waals surface area contributed by atoms with Crippen molar-refractivity contribution in [1.82, 2.24) is 10.6 Å². The van der Waals surface area contributed by atoms with Crippen LogP contribution in [0.1, 0.15) is 16.6 Å². The van der Waals surface area contributed by atoms with Crippen molar-refractivity contribution in [2.24, 2.45) is 0 Å². The Kier molecular flexibility index (Phi) is 6.63. The van der Waals surface area contributed by atoms with Gasteiger partial charge in [0, 0.05) is 13.1 Å². The topological polar surface area (TPSA) is 105 Å². The van der Waals surface area contributed by atoms with E-state index in [0.717, 1.165) is 0 Å². The van der Waals surface area contributed by atoms with Gasteiger partial charge in [-0.3, -0.25) is 9.59 Å². The minimum atomic E-state index is -3.88. The summed E-state index contributed by atoms with van der Waals surface area (Å²) in [4.78, 5) is 24.2. The van der Waals surface area contributed by atoms with Crippen molar-refractivity contribution < 1.29 is 26.8 Å². The van der Waals surface area contributed by atoms with Crippen LogP contribution in [0.3, 0.4) is 0 Å². The van der Waals surface area contributed by atoms with Crippen LogP contribution in [0.2, 0.25) is 0 Å². The first kappa shape index (κ1) is 21.3. The third-order valence-electron chi connectivity index (χ3n) is 4.33. The van der Waals surface area contributed by atoms with Crippen LogP contribution in [0.15, 0.2) is 82.3 Å². The molecule has 0 unspecified atom stereocenters. The lowest BCUT2D eigenvalue weighted by molar-refractivity contribution is -0.139. The van der Waals surface area contributed by atoms with E-state index in [-0.39, 0.29) is 23.7 Å². The van der Waals surface area contributed by atoms with Crippen LogP contribution in [-0.2, 0) is 26.0 Å². The molecule has 0 saturated carbocycles. The van der Waals surface area contributed by atoms with Crippen LogP contribution in [0, 0.1) is 5.82 Å². The van der Waals surface area contributed by atoms with Gasteiger partial charge in [-0.25, -0.2) is 12.8 Å². The lowest BCUT2D eigenvalue weighted by Crippen LogP contribution is -2.42. The number of benzene rings is 2. The van der Waals surface area contributed by atoms with Crippen LogP contribution in [0.4, 0.5) is 4.39 Å². The molecule has 7 nitrogen and oxygen atoms in total. The van der Waals surface area contributed by atoms with E-state index in [0.29, 0.717) is 5.56 Å². The number of sulfone groups is 1. The first-order valence-corrected chi connectivity index (χ1v) is 10.6. The monoisotopic (exact) mass is 430 g/mol. The number of hydrogen-bond donors (Lipinski definition) is 2. The van der Waals surface area contributed by atoms with Crippen LogP contribution < -0.4 is 10.6 Å². The summed E-state index contributed by atoms with van der Waals surface area (Å²) in [5.74, 6) is -2.19. The Hall–Kier alpha value is -3.46. The number of rotatable bonds is 7. The Bertz CT molecular complexity index is 1100. The number of nitrogens with one attached hydrogen (secondary N) is 2. The molecule has 0 spiro atoms. The normalized spacial score (nSPS) is 12.2. The van der Waals surface area contributed by atoms with Gasteiger partial charge in [0.2, 0.25) is 0 Å². The summed E-state index contributed by atoms with van der Waals surface area (Å²) in [6.07, 6.45) is 1.33. The molecule has 0 radical (unpaired) electrons. The number of furan rings is 1. The van der Waals surface area contributed by atoms with Gasteiger partial charge >= 0.3 is 11.8 Å². The molecule has 30 heavy (non-hydrogen) atoms. The summed E-state index contributed by atoms with van der Waals surface area (Å²) in [5.41, 5.74) is 0.609. The summed E-state index contributed by atoms with van der Waals surface area (Å²) in [6.45, 7) is -0.329. The smallest absolute Gasteiger partial charge is 0.309 e. The molecule has 0 aliphatic rings. The van der Waals surface area contributed by atoms with Crippen molar-refractivity contribution in [2.75, 3.05) is 6.54 Å². The van der Waals surface area contributed by atoms with Crippen LogP contribution in [0.25, 0.3) is 0 Å². The van der Waals surface area contributed by atoms with Crippen molar-refractivity contribution in [2.45, 2.75) is 16.7 Å². The van der Waals surface area contributed by atoms with Gasteiger partial charge in [0.15, 0.2) is 9.84 Å². The molecule has 0 aliphatic carbocycles. The van der Waals surface area contributed by atoms with E-state index in [2.05, 4.69) is 10.6 Å². The highest BCUT2D eigenvalue weighted by Crippen LogP contribution is 2.28. The lowest BCUT2D eigenvalue weighted by atomic mass is 10.2. The van der Waals surface area contributed by atoms with E-state index < -0.39 is 32.7 Å². The van der Waals surface area contributed by atoms with Gasteiger partial charge in [0.1, 0.15) is 16.8 Å². The number of carbonyl (C=O) groups is 2. The summed E-state index contributed by atoms with van der Waals surface area (Å²) in [5, 5.41) is 3.54. The standard InChI is InChI=1S/C21H19FN2O5S/c22-16-10-8-15(9-11-16)13-23-20(25)21(26)24-14-19(18-7-4-12-29-18)30(27,28)17-5-2-1-3-6-17/h1-12,19H,13-14H2,(H,23,25)(H,24,26)/t19-/m1/s1. The second-order valence-corrected chi connectivity index (χ2v) is 8.51. The number of halogens is 1. The first-order valence-electron chi connectivity index (χ1n) is 9.01. The molecule has 1 heterocycles. The van der Waals surface area contributed by atoms with Gasteiger partial charge in [-0.15, -0.1) is 0 Å². The molecule has 0 aliphatic heterocycles. The maximum Gasteiger partial charge on any atom is 0.309 e. The highest BCUT2D eigenvalue weighted by molar-refractivity contribution is 7.91. The minimum Gasteiger partial charge on any atom is -0.468 e. The van der Waals surface area contributed by atoms with Crippen molar-refractivity contribution in [1.29, 1.82) is 0 Å². The third kappa shape index (κ3) is 5.12. The fourth-order valence-corrected chi connectivity index (χ4v) is 4.35. The van der Waals surface area contributed by atoms with E-state index in [1.165, 1.54) is 48.7 Å². The molecule has 9 heteroatoms. The molecule has 156 valence electrons. The summed E-state index contributed by atoms with van der Waals surface area (Å²) >= 11 is 0. The van der Waals surface area contributed by atoms with E-state index in [1.807, 2.05) is 0 Å². The fourth-order valence-electron chi connectivity index (χ4n) is 2.74. The molecular weight excluding hydrogens is 411 g/mol. The van der Waals surface area contributed by atoms with Gasteiger partial charge in [-0.1, -0.05) is 30.3 Å². The van der Waals surface area contributed by atoms with Crippen molar-refractivity contribution >= 4 is 21.7 Å². The highest BCUT2D eigenvalue weighted by atomic mass is 32.2. The molecule has 2 aromatic carbocycles.